The maximum absolute atomic E-state index is 5.97. The molecule has 0 aromatic carbocycles. The first kappa shape index (κ1) is 14.9. The minimum Gasteiger partial charge on any atom is -0.380 e. The summed E-state index contributed by atoms with van der Waals surface area (Å²) in [5.41, 5.74) is 5.87. The van der Waals surface area contributed by atoms with E-state index in [1.54, 1.807) is 14.2 Å². The highest BCUT2D eigenvalue weighted by atomic mass is 16.5. The molecule has 0 amide bonds. The summed E-state index contributed by atoms with van der Waals surface area (Å²) in [4.78, 5) is 2.43. The van der Waals surface area contributed by atoms with Crippen LogP contribution in [0.15, 0.2) is 0 Å². The number of hydrogen-bond acceptors (Lipinski definition) is 4. The third-order valence-electron chi connectivity index (χ3n) is 4.56. The number of likely N-dealkylation sites (tertiary alicyclic amines) is 1. The van der Waals surface area contributed by atoms with Crippen LogP contribution in [0.3, 0.4) is 0 Å². The molecule has 0 aromatic rings. The Morgan fingerprint density at radius 1 is 1.47 bits per heavy atom. The van der Waals surface area contributed by atoms with Gasteiger partial charge in [0.25, 0.3) is 0 Å². The van der Waals surface area contributed by atoms with E-state index in [0.29, 0.717) is 18.6 Å². The smallest absolute Gasteiger partial charge is 0.0736 e. The highest BCUT2D eigenvalue weighted by Gasteiger charge is 2.40. The standard InChI is InChI=1S/C13H28N2O2/c1-10-6-7-15(8-12(10)17-5)13(3,9-14)11(2)16-4/h10-12H,6-9,14H2,1-5H3. The van der Waals surface area contributed by atoms with Gasteiger partial charge >= 0.3 is 0 Å². The first-order chi connectivity index (χ1) is 7.99. The Labute approximate surface area is 105 Å². The van der Waals surface area contributed by atoms with Crippen molar-refractivity contribution in [1.82, 2.24) is 4.90 Å². The molecule has 17 heavy (non-hydrogen) atoms. The van der Waals surface area contributed by atoms with Crippen LogP contribution in [0.2, 0.25) is 0 Å². The molecule has 102 valence electrons. The van der Waals surface area contributed by atoms with Gasteiger partial charge in [-0.15, -0.1) is 0 Å². The zero-order chi connectivity index (χ0) is 13.1. The molecule has 0 spiro atoms. The third-order valence-corrected chi connectivity index (χ3v) is 4.56. The molecule has 0 radical (unpaired) electrons. The number of nitrogens with zero attached hydrogens (tertiary/aromatic N) is 1. The van der Waals surface area contributed by atoms with Crippen molar-refractivity contribution in [3.8, 4) is 0 Å². The molecule has 4 unspecified atom stereocenters. The van der Waals surface area contributed by atoms with E-state index in [-0.39, 0.29) is 11.6 Å². The highest BCUT2D eigenvalue weighted by molar-refractivity contribution is 4.96. The van der Waals surface area contributed by atoms with Gasteiger partial charge in [0.1, 0.15) is 0 Å². The largest absolute Gasteiger partial charge is 0.380 e. The van der Waals surface area contributed by atoms with Gasteiger partial charge in [0.05, 0.1) is 17.7 Å². The Bertz CT molecular complexity index is 237. The predicted octanol–water partition coefficient (Wildman–Crippen LogP) is 1.10. The van der Waals surface area contributed by atoms with Gasteiger partial charge in [-0.3, -0.25) is 4.90 Å². The highest BCUT2D eigenvalue weighted by Crippen LogP contribution is 2.28. The quantitative estimate of drug-likeness (QED) is 0.786. The molecular weight excluding hydrogens is 216 g/mol. The lowest BCUT2D eigenvalue weighted by Gasteiger charge is -2.48. The molecule has 4 heteroatoms. The minimum absolute atomic E-state index is 0.105. The molecule has 1 heterocycles. The zero-order valence-electron chi connectivity index (χ0n) is 11.9. The van der Waals surface area contributed by atoms with Crippen LogP contribution in [0.5, 0.6) is 0 Å². The van der Waals surface area contributed by atoms with E-state index >= 15 is 0 Å². The fourth-order valence-corrected chi connectivity index (χ4v) is 2.61. The Morgan fingerprint density at radius 2 is 2.12 bits per heavy atom. The summed E-state index contributed by atoms with van der Waals surface area (Å²) >= 11 is 0. The van der Waals surface area contributed by atoms with Gasteiger partial charge in [0, 0.05) is 27.3 Å². The lowest BCUT2D eigenvalue weighted by atomic mass is 9.87. The van der Waals surface area contributed by atoms with Crippen LogP contribution in [0.25, 0.3) is 0 Å². The summed E-state index contributed by atoms with van der Waals surface area (Å²) in [5, 5.41) is 0. The normalized spacial score (nSPS) is 32.1. The Balaban J connectivity index is 2.76. The van der Waals surface area contributed by atoms with E-state index in [1.165, 1.54) is 0 Å². The van der Waals surface area contributed by atoms with Gasteiger partial charge in [-0.25, -0.2) is 0 Å². The lowest BCUT2D eigenvalue weighted by Crippen LogP contribution is -2.63. The fraction of sp³-hybridized carbons (Fsp3) is 1.00. The van der Waals surface area contributed by atoms with Gasteiger partial charge in [0.2, 0.25) is 0 Å². The van der Waals surface area contributed by atoms with Crippen LogP contribution in [0.1, 0.15) is 27.2 Å². The Kier molecular flexibility index (Phi) is 5.38. The van der Waals surface area contributed by atoms with E-state index in [4.69, 9.17) is 15.2 Å². The SMILES string of the molecule is COC1CN(C(C)(CN)C(C)OC)CCC1C. The lowest BCUT2D eigenvalue weighted by molar-refractivity contribution is -0.0840. The molecule has 4 atom stereocenters. The fourth-order valence-electron chi connectivity index (χ4n) is 2.61. The molecule has 0 bridgehead atoms. The maximum Gasteiger partial charge on any atom is 0.0736 e. The number of ether oxygens (including phenoxy) is 2. The van der Waals surface area contributed by atoms with Crippen LogP contribution in [-0.4, -0.2) is 56.5 Å². The second-order valence-electron chi connectivity index (χ2n) is 5.43. The van der Waals surface area contributed by atoms with Crippen molar-refractivity contribution in [3.05, 3.63) is 0 Å². The van der Waals surface area contributed by atoms with Crippen LogP contribution in [0, 0.1) is 5.92 Å². The van der Waals surface area contributed by atoms with Crippen molar-refractivity contribution >= 4 is 0 Å². The van der Waals surface area contributed by atoms with Crippen LogP contribution < -0.4 is 5.73 Å². The van der Waals surface area contributed by atoms with E-state index in [1.807, 2.05) is 0 Å². The summed E-state index contributed by atoms with van der Waals surface area (Å²) < 4.78 is 11.1. The maximum atomic E-state index is 5.97. The summed E-state index contributed by atoms with van der Waals surface area (Å²) in [7, 11) is 3.54. The molecular formula is C13H28N2O2. The number of rotatable bonds is 5. The number of hydrogen-bond donors (Lipinski definition) is 1. The predicted molar refractivity (Wildman–Crippen MR) is 70.1 cm³/mol. The molecule has 0 aliphatic carbocycles. The van der Waals surface area contributed by atoms with Gasteiger partial charge in [0.15, 0.2) is 0 Å². The molecule has 2 N–H and O–H groups in total. The van der Waals surface area contributed by atoms with Crippen molar-refractivity contribution in [1.29, 1.82) is 0 Å². The summed E-state index contributed by atoms with van der Waals surface area (Å²) in [5.74, 6) is 0.621. The van der Waals surface area contributed by atoms with Crippen molar-refractivity contribution in [2.75, 3.05) is 33.9 Å². The molecule has 1 fully saturated rings. The molecule has 1 aliphatic rings. The average Bonchev–Trinajstić information content (AvgIpc) is 2.37. The van der Waals surface area contributed by atoms with Crippen LogP contribution >= 0.6 is 0 Å². The van der Waals surface area contributed by atoms with Crippen molar-refractivity contribution in [2.45, 2.75) is 44.9 Å². The van der Waals surface area contributed by atoms with Crippen LogP contribution in [0.4, 0.5) is 0 Å². The van der Waals surface area contributed by atoms with Gasteiger partial charge in [-0.1, -0.05) is 6.92 Å². The van der Waals surface area contributed by atoms with Crippen molar-refractivity contribution < 1.29 is 9.47 Å². The minimum atomic E-state index is -0.105. The summed E-state index contributed by atoms with van der Waals surface area (Å²) in [6.45, 7) is 9.15. The molecule has 0 saturated carbocycles. The van der Waals surface area contributed by atoms with Crippen molar-refractivity contribution in [2.24, 2.45) is 11.7 Å². The Hall–Kier alpha value is -0.160. The first-order valence-corrected chi connectivity index (χ1v) is 6.50. The summed E-state index contributed by atoms with van der Waals surface area (Å²) in [6.07, 6.45) is 1.59. The van der Waals surface area contributed by atoms with E-state index in [9.17, 15) is 0 Å². The third kappa shape index (κ3) is 2.99. The van der Waals surface area contributed by atoms with E-state index in [0.717, 1.165) is 19.5 Å². The first-order valence-electron chi connectivity index (χ1n) is 6.50. The molecule has 0 aromatic heterocycles. The van der Waals surface area contributed by atoms with Gasteiger partial charge < -0.3 is 15.2 Å². The van der Waals surface area contributed by atoms with E-state index in [2.05, 4.69) is 25.7 Å². The number of nitrogens with two attached hydrogens (primary N) is 1. The summed E-state index contributed by atoms with van der Waals surface area (Å²) in [6, 6.07) is 0. The number of methoxy groups -OCH3 is 2. The second-order valence-corrected chi connectivity index (χ2v) is 5.43. The second kappa shape index (κ2) is 6.14. The van der Waals surface area contributed by atoms with E-state index < -0.39 is 0 Å². The van der Waals surface area contributed by atoms with Gasteiger partial charge in [-0.05, 0) is 32.7 Å². The molecule has 1 aliphatic heterocycles. The van der Waals surface area contributed by atoms with Crippen LogP contribution in [-0.2, 0) is 9.47 Å². The topological polar surface area (TPSA) is 47.7 Å². The van der Waals surface area contributed by atoms with Crippen molar-refractivity contribution in [3.63, 3.8) is 0 Å². The molecule has 4 nitrogen and oxygen atoms in total. The molecule has 1 rings (SSSR count). The zero-order valence-corrected chi connectivity index (χ0v) is 11.9. The molecule has 1 saturated heterocycles. The monoisotopic (exact) mass is 244 g/mol. The van der Waals surface area contributed by atoms with Gasteiger partial charge in [-0.2, -0.15) is 0 Å². The average molecular weight is 244 g/mol. The number of piperidine rings is 1. The Morgan fingerprint density at radius 3 is 2.59 bits per heavy atom.